The van der Waals surface area contributed by atoms with E-state index < -0.39 is 0 Å². The van der Waals surface area contributed by atoms with Crippen molar-refractivity contribution in [3.05, 3.63) is 29.8 Å². The van der Waals surface area contributed by atoms with Crippen molar-refractivity contribution in [3.63, 3.8) is 0 Å². The summed E-state index contributed by atoms with van der Waals surface area (Å²) in [6.07, 6.45) is 3.91. The third-order valence-corrected chi connectivity index (χ3v) is 3.53. The fourth-order valence-corrected chi connectivity index (χ4v) is 2.28. The molecule has 1 aliphatic carbocycles. The number of hydrogen-bond donors (Lipinski definition) is 1. The zero-order valence-electron chi connectivity index (χ0n) is 11.9. The molecule has 1 aliphatic rings. The Balaban J connectivity index is 1.95. The Morgan fingerprint density at radius 1 is 1.22 bits per heavy atom. The minimum Gasteiger partial charge on any atom is -0.369 e. The molecule has 1 saturated carbocycles. The van der Waals surface area contributed by atoms with E-state index >= 15 is 0 Å². The van der Waals surface area contributed by atoms with Gasteiger partial charge in [-0.1, -0.05) is 19.1 Å². The normalized spacial score (nSPS) is 15.1. The van der Waals surface area contributed by atoms with Crippen LogP contribution in [0.1, 0.15) is 45.6 Å². The quantitative estimate of drug-likeness (QED) is 0.791. The van der Waals surface area contributed by atoms with Gasteiger partial charge in [-0.3, -0.25) is 0 Å². The van der Waals surface area contributed by atoms with Crippen LogP contribution in [0, 0.1) is 0 Å². The Kier molecular flexibility index (Phi) is 4.65. The Morgan fingerprint density at radius 2 is 1.89 bits per heavy atom. The first-order chi connectivity index (χ1) is 8.70. The van der Waals surface area contributed by atoms with E-state index in [1.165, 1.54) is 30.5 Å². The Morgan fingerprint density at radius 3 is 2.39 bits per heavy atom. The zero-order chi connectivity index (χ0) is 13.0. The molecule has 1 aromatic rings. The van der Waals surface area contributed by atoms with Crippen LogP contribution in [-0.2, 0) is 6.54 Å². The Hall–Kier alpha value is -1.02. The smallest absolute Gasteiger partial charge is 0.0368 e. The number of benzene rings is 1. The van der Waals surface area contributed by atoms with Gasteiger partial charge >= 0.3 is 0 Å². The molecule has 0 spiro atoms. The molecule has 18 heavy (non-hydrogen) atoms. The molecule has 1 aromatic carbocycles. The maximum absolute atomic E-state index is 3.56. The molecular formula is C16H26N2. The Labute approximate surface area is 111 Å². The van der Waals surface area contributed by atoms with E-state index in [0.29, 0.717) is 6.04 Å². The first-order valence-electron chi connectivity index (χ1n) is 7.29. The minimum atomic E-state index is 0.570. The Bertz CT molecular complexity index is 352. The lowest BCUT2D eigenvalue weighted by Crippen LogP contribution is -2.31. The average molecular weight is 246 g/mol. The van der Waals surface area contributed by atoms with Crippen molar-refractivity contribution in [3.8, 4) is 0 Å². The third-order valence-electron chi connectivity index (χ3n) is 3.53. The lowest BCUT2D eigenvalue weighted by molar-refractivity contribution is 0.669. The van der Waals surface area contributed by atoms with Gasteiger partial charge in [0.2, 0.25) is 0 Å². The highest BCUT2D eigenvalue weighted by Gasteiger charge is 2.19. The topological polar surface area (TPSA) is 15.3 Å². The van der Waals surface area contributed by atoms with E-state index in [1.54, 1.807) is 0 Å². The van der Waals surface area contributed by atoms with Crippen molar-refractivity contribution in [1.82, 2.24) is 5.32 Å². The highest BCUT2D eigenvalue weighted by Crippen LogP contribution is 2.21. The van der Waals surface area contributed by atoms with Crippen LogP contribution in [0.4, 0.5) is 5.69 Å². The molecule has 0 heterocycles. The van der Waals surface area contributed by atoms with Crippen LogP contribution >= 0.6 is 0 Å². The van der Waals surface area contributed by atoms with Crippen LogP contribution in [-0.4, -0.2) is 18.6 Å². The van der Waals surface area contributed by atoms with E-state index in [-0.39, 0.29) is 0 Å². The van der Waals surface area contributed by atoms with E-state index in [2.05, 4.69) is 55.3 Å². The van der Waals surface area contributed by atoms with Crippen molar-refractivity contribution in [2.24, 2.45) is 0 Å². The summed E-state index contributed by atoms with van der Waals surface area (Å²) in [6.45, 7) is 8.91. The molecule has 2 heteroatoms. The van der Waals surface area contributed by atoms with Gasteiger partial charge in [-0.2, -0.15) is 0 Å². The molecule has 2 nitrogen and oxygen atoms in total. The predicted molar refractivity (Wildman–Crippen MR) is 79.1 cm³/mol. The van der Waals surface area contributed by atoms with Crippen LogP contribution in [0.3, 0.4) is 0 Å². The highest BCUT2D eigenvalue weighted by atomic mass is 15.1. The van der Waals surface area contributed by atoms with Crippen LogP contribution in [0.25, 0.3) is 0 Å². The molecule has 0 aromatic heterocycles. The number of anilines is 1. The molecule has 0 saturated heterocycles. The van der Waals surface area contributed by atoms with Gasteiger partial charge in [0.25, 0.3) is 0 Å². The maximum Gasteiger partial charge on any atom is 0.0368 e. The summed E-state index contributed by atoms with van der Waals surface area (Å²) < 4.78 is 0. The maximum atomic E-state index is 3.56. The van der Waals surface area contributed by atoms with Crippen molar-refractivity contribution in [2.75, 3.05) is 11.4 Å². The molecule has 1 fully saturated rings. The van der Waals surface area contributed by atoms with Gasteiger partial charge < -0.3 is 10.2 Å². The molecule has 0 unspecified atom stereocenters. The summed E-state index contributed by atoms with van der Waals surface area (Å²) in [7, 11) is 0. The highest BCUT2D eigenvalue weighted by molar-refractivity contribution is 5.48. The minimum absolute atomic E-state index is 0.570. The second kappa shape index (κ2) is 6.24. The molecule has 0 amide bonds. The van der Waals surface area contributed by atoms with Crippen molar-refractivity contribution >= 4 is 5.69 Å². The predicted octanol–water partition coefficient (Wildman–Crippen LogP) is 3.56. The van der Waals surface area contributed by atoms with Crippen molar-refractivity contribution in [1.29, 1.82) is 0 Å². The van der Waals surface area contributed by atoms with Gasteiger partial charge in [-0.15, -0.1) is 0 Å². The molecule has 0 aliphatic heterocycles. The zero-order valence-corrected chi connectivity index (χ0v) is 11.9. The van der Waals surface area contributed by atoms with Crippen LogP contribution in [0.15, 0.2) is 24.3 Å². The fraction of sp³-hybridized carbons (Fsp3) is 0.625. The van der Waals surface area contributed by atoms with Gasteiger partial charge in [0, 0.05) is 30.9 Å². The second-order valence-electron chi connectivity index (χ2n) is 5.61. The van der Waals surface area contributed by atoms with Gasteiger partial charge in [0.05, 0.1) is 0 Å². The number of rotatable bonds is 7. The fourth-order valence-electron chi connectivity index (χ4n) is 2.28. The first-order valence-corrected chi connectivity index (χ1v) is 7.29. The van der Waals surface area contributed by atoms with E-state index in [0.717, 1.165) is 19.1 Å². The van der Waals surface area contributed by atoms with Crippen LogP contribution in [0.5, 0.6) is 0 Å². The van der Waals surface area contributed by atoms with Gasteiger partial charge in [-0.05, 0) is 50.8 Å². The number of nitrogens with one attached hydrogen (secondary N) is 1. The van der Waals surface area contributed by atoms with Crippen molar-refractivity contribution < 1.29 is 0 Å². The summed E-state index contributed by atoms with van der Waals surface area (Å²) in [6, 6.07) is 10.4. The molecular weight excluding hydrogens is 220 g/mol. The SMILES string of the molecule is CCCN(c1ccc(CNC2CC2)cc1)C(C)C. The molecule has 2 rings (SSSR count). The van der Waals surface area contributed by atoms with E-state index in [1.807, 2.05) is 0 Å². The summed E-state index contributed by atoms with van der Waals surface area (Å²) >= 11 is 0. The standard InChI is InChI=1S/C16H26N2/c1-4-11-18(13(2)3)16-9-5-14(6-10-16)12-17-15-7-8-15/h5-6,9-10,13,15,17H,4,7-8,11-12H2,1-3H3. The van der Waals surface area contributed by atoms with E-state index in [4.69, 9.17) is 0 Å². The summed E-state index contributed by atoms with van der Waals surface area (Å²) in [5.41, 5.74) is 2.74. The average Bonchev–Trinajstić information content (AvgIpc) is 3.18. The molecule has 0 atom stereocenters. The molecule has 0 bridgehead atoms. The lowest BCUT2D eigenvalue weighted by atomic mass is 10.1. The molecule has 100 valence electrons. The number of nitrogens with zero attached hydrogens (tertiary/aromatic N) is 1. The second-order valence-corrected chi connectivity index (χ2v) is 5.61. The van der Waals surface area contributed by atoms with Gasteiger partial charge in [0.15, 0.2) is 0 Å². The molecule has 1 N–H and O–H groups in total. The third kappa shape index (κ3) is 3.74. The lowest BCUT2D eigenvalue weighted by Gasteiger charge is -2.28. The summed E-state index contributed by atoms with van der Waals surface area (Å²) in [5, 5.41) is 3.56. The largest absolute Gasteiger partial charge is 0.369 e. The van der Waals surface area contributed by atoms with Gasteiger partial charge in [-0.25, -0.2) is 0 Å². The summed E-state index contributed by atoms with van der Waals surface area (Å²) in [5.74, 6) is 0. The monoisotopic (exact) mass is 246 g/mol. The van der Waals surface area contributed by atoms with Crippen LogP contribution < -0.4 is 10.2 Å². The number of hydrogen-bond acceptors (Lipinski definition) is 2. The first kappa shape index (κ1) is 13.4. The van der Waals surface area contributed by atoms with Crippen molar-refractivity contribution in [2.45, 2.75) is 58.7 Å². The summed E-state index contributed by atoms with van der Waals surface area (Å²) in [4.78, 5) is 2.47. The van der Waals surface area contributed by atoms with Crippen LogP contribution in [0.2, 0.25) is 0 Å². The molecule has 0 radical (unpaired) electrons. The van der Waals surface area contributed by atoms with Gasteiger partial charge in [0.1, 0.15) is 0 Å². The van der Waals surface area contributed by atoms with E-state index in [9.17, 15) is 0 Å².